The van der Waals surface area contributed by atoms with Gasteiger partial charge in [-0.05, 0) is 37.9 Å². The highest BCUT2D eigenvalue weighted by molar-refractivity contribution is 9.11. The van der Waals surface area contributed by atoms with Gasteiger partial charge in [0.2, 0.25) is 0 Å². The van der Waals surface area contributed by atoms with E-state index in [-0.39, 0.29) is 12.2 Å². The maximum absolute atomic E-state index is 11.5. The number of aromatic amines is 1. The van der Waals surface area contributed by atoms with E-state index in [1.54, 1.807) is 13.3 Å². The van der Waals surface area contributed by atoms with E-state index in [1.807, 2.05) is 6.07 Å². The molecule has 0 saturated carbocycles. The van der Waals surface area contributed by atoms with Gasteiger partial charge in [-0.25, -0.2) is 4.98 Å². The van der Waals surface area contributed by atoms with Crippen molar-refractivity contribution in [2.45, 2.75) is 6.61 Å². The Morgan fingerprint density at radius 2 is 2.17 bits per heavy atom. The Morgan fingerprint density at radius 3 is 2.83 bits per heavy atom. The van der Waals surface area contributed by atoms with Gasteiger partial charge >= 0.3 is 0 Å². The SMILES string of the molecule is COCc1cc(=O)[nH]c(-c2ncc(Br)cc2Br)n1. The van der Waals surface area contributed by atoms with Crippen LogP contribution in [0.15, 0.2) is 32.1 Å². The molecular formula is C11H9Br2N3O2. The third kappa shape index (κ3) is 3.04. The van der Waals surface area contributed by atoms with Crippen molar-refractivity contribution in [2.75, 3.05) is 7.11 Å². The minimum Gasteiger partial charge on any atom is -0.378 e. The molecule has 2 aromatic heterocycles. The molecule has 94 valence electrons. The first kappa shape index (κ1) is 13.4. The van der Waals surface area contributed by atoms with Crippen molar-refractivity contribution < 1.29 is 4.74 Å². The van der Waals surface area contributed by atoms with E-state index in [0.717, 1.165) is 8.95 Å². The van der Waals surface area contributed by atoms with Gasteiger partial charge in [0, 0.05) is 28.3 Å². The molecule has 0 atom stereocenters. The van der Waals surface area contributed by atoms with Crippen molar-refractivity contribution in [2.24, 2.45) is 0 Å². The molecule has 0 bridgehead atoms. The monoisotopic (exact) mass is 373 g/mol. The first-order chi connectivity index (χ1) is 8.60. The molecule has 0 amide bonds. The third-order valence-electron chi connectivity index (χ3n) is 2.12. The first-order valence-electron chi connectivity index (χ1n) is 5.00. The Balaban J connectivity index is 2.53. The zero-order chi connectivity index (χ0) is 13.1. The number of hydrogen-bond donors (Lipinski definition) is 1. The highest BCUT2D eigenvalue weighted by Gasteiger charge is 2.09. The Labute approximate surface area is 120 Å². The average Bonchev–Trinajstić information content (AvgIpc) is 2.28. The topological polar surface area (TPSA) is 67.9 Å². The quantitative estimate of drug-likeness (QED) is 0.896. The predicted octanol–water partition coefficient (Wildman–Crippen LogP) is 2.50. The number of nitrogens with zero attached hydrogens (tertiary/aromatic N) is 2. The fourth-order valence-corrected chi connectivity index (χ4v) is 2.61. The number of methoxy groups -OCH3 is 1. The lowest BCUT2D eigenvalue weighted by Gasteiger charge is -2.05. The standard InChI is InChI=1S/C11H9Br2N3O2/c1-18-5-7-3-9(17)16-11(15-7)10-8(13)2-6(12)4-14-10/h2-4H,5H2,1H3,(H,15,16,17). The summed E-state index contributed by atoms with van der Waals surface area (Å²) < 4.78 is 6.55. The molecule has 2 heterocycles. The lowest BCUT2D eigenvalue weighted by molar-refractivity contribution is 0.181. The van der Waals surface area contributed by atoms with E-state index in [0.29, 0.717) is 17.2 Å². The van der Waals surface area contributed by atoms with Crippen molar-refractivity contribution in [1.82, 2.24) is 15.0 Å². The molecule has 0 aromatic carbocycles. The summed E-state index contributed by atoms with van der Waals surface area (Å²) in [6.45, 7) is 0.283. The zero-order valence-electron chi connectivity index (χ0n) is 9.41. The van der Waals surface area contributed by atoms with Crippen molar-refractivity contribution in [3.05, 3.63) is 43.3 Å². The second-order valence-electron chi connectivity index (χ2n) is 3.50. The number of nitrogens with one attached hydrogen (secondary N) is 1. The first-order valence-corrected chi connectivity index (χ1v) is 6.59. The van der Waals surface area contributed by atoms with Gasteiger partial charge < -0.3 is 9.72 Å². The normalized spacial score (nSPS) is 10.6. The van der Waals surface area contributed by atoms with Gasteiger partial charge in [-0.3, -0.25) is 9.78 Å². The van der Waals surface area contributed by atoms with Gasteiger partial charge in [-0.15, -0.1) is 0 Å². The maximum Gasteiger partial charge on any atom is 0.251 e. The highest BCUT2D eigenvalue weighted by Crippen LogP contribution is 2.25. The molecule has 0 saturated heterocycles. The second kappa shape index (κ2) is 5.73. The van der Waals surface area contributed by atoms with Crippen molar-refractivity contribution >= 4 is 31.9 Å². The van der Waals surface area contributed by atoms with Gasteiger partial charge in [-0.1, -0.05) is 0 Å². The number of aromatic nitrogens is 3. The third-order valence-corrected chi connectivity index (χ3v) is 3.16. The molecular weight excluding hydrogens is 366 g/mol. The molecule has 7 heteroatoms. The molecule has 18 heavy (non-hydrogen) atoms. The summed E-state index contributed by atoms with van der Waals surface area (Å²) in [7, 11) is 1.55. The molecule has 2 aromatic rings. The van der Waals surface area contributed by atoms with Crippen molar-refractivity contribution in [1.29, 1.82) is 0 Å². The van der Waals surface area contributed by atoms with Crippen LogP contribution in [0.4, 0.5) is 0 Å². The van der Waals surface area contributed by atoms with Crippen LogP contribution in [0.3, 0.4) is 0 Å². The van der Waals surface area contributed by atoms with Crippen LogP contribution >= 0.6 is 31.9 Å². The number of hydrogen-bond acceptors (Lipinski definition) is 4. The summed E-state index contributed by atoms with van der Waals surface area (Å²) in [5.74, 6) is 0.411. The molecule has 0 spiro atoms. The summed E-state index contributed by atoms with van der Waals surface area (Å²) in [6.07, 6.45) is 1.64. The van der Waals surface area contributed by atoms with Gasteiger partial charge in [0.15, 0.2) is 5.82 Å². The van der Waals surface area contributed by atoms with Crippen LogP contribution in [-0.4, -0.2) is 22.1 Å². The summed E-state index contributed by atoms with van der Waals surface area (Å²) in [4.78, 5) is 22.7. The van der Waals surface area contributed by atoms with Crippen molar-refractivity contribution in [3.63, 3.8) is 0 Å². The lowest BCUT2D eigenvalue weighted by Crippen LogP contribution is -2.11. The molecule has 0 unspecified atom stereocenters. The molecule has 0 fully saturated rings. The van der Waals surface area contributed by atoms with Crippen LogP contribution in [0.25, 0.3) is 11.5 Å². The second-order valence-corrected chi connectivity index (χ2v) is 5.27. The molecule has 0 aliphatic rings. The van der Waals surface area contributed by atoms with Crippen LogP contribution in [-0.2, 0) is 11.3 Å². The molecule has 0 radical (unpaired) electrons. The van der Waals surface area contributed by atoms with Crippen LogP contribution in [0.2, 0.25) is 0 Å². The van der Waals surface area contributed by atoms with Crippen LogP contribution in [0.1, 0.15) is 5.69 Å². The van der Waals surface area contributed by atoms with Crippen LogP contribution in [0.5, 0.6) is 0 Å². The van der Waals surface area contributed by atoms with E-state index in [1.165, 1.54) is 6.07 Å². The van der Waals surface area contributed by atoms with E-state index in [4.69, 9.17) is 4.74 Å². The van der Waals surface area contributed by atoms with Gasteiger partial charge in [0.05, 0.1) is 12.3 Å². The van der Waals surface area contributed by atoms with E-state index in [2.05, 4.69) is 46.8 Å². The van der Waals surface area contributed by atoms with Crippen LogP contribution in [0, 0.1) is 0 Å². The summed E-state index contributed by atoms with van der Waals surface area (Å²) >= 11 is 6.70. The smallest absolute Gasteiger partial charge is 0.251 e. The lowest BCUT2D eigenvalue weighted by atomic mass is 10.3. The van der Waals surface area contributed by atoms with E-state index < -0.39 is 0 Å². The minimum atomic E-state index is -0.233. The molecule has 0 aliphatic heterocycles. The molecule has 2 rings (SSSR count). The Hall–Kier alpha value is -1.05. The Bertz CT molecular complexity index is 628. The summed E-state index contributed by atoms with van der Waals surface area (Å²) in [5, 5.41) is 0. The number of pyridine rings is 1. The van der Waals surface area contributed by atoms with E-state index in [9.17, 15) is 4.79 Å². The number of halogens is 2. The highest BCUT2D eigenvalue weighted by atomic mass is 79.9. The number of H-pyrrole nitrogens is 1. The average molecular weight is 375 g/mol. The Morgan fingerprint density at radius 1 is 1.39 bits per heavy atom. The van der Waals surface area contributed by atoms with Crippen LogP contribution < -0.4 is 5.56 Å². The maximum atomic E-state index is 11.5. The molecule has 1 N–H and O–H groups in total. The van der Waals surface area contributed by atoms with Crippen molar-refractivity contribution in [3.8, 4) is 11.5 Å². The van der Waals surface area contributed by atoms with Gasteiger partial charge in [0.25, 0.3) is 5.56 Å². The fourth-order valence-electron chi connectivity index (χ4n) is 1.43. The van der Waals surface area contributed by atoms with Gasteiger partial charge in [0.1, 0.15) is 5.69 Å². The Kier molecular flexibility index (Phi) is 4.26. The number of ether oxygens (including phenoxy) is 1. The zero-order valence-corrected chi connectivity index (χ0v) is 12.6. The minimum absolute atomic E-state index is 0.233. The molecule has 0 aliphatic carbocycles. The fraction of sp³-hybridized carbons (Fsp3) is 0.182. The van der Waals surface area contributed by atoms with Gasteiger partial charge in [-0.2, -0.15) is 0 Å². The summed E-state index contributed by atoms with van der Waals surface area (Å²) in [6, 6.07) is 3.24. The predicted molar refractivity (Wildman–Crippen MR) is 74.2 cm³/mol. The molecule has 5 nitrogen and oxygen atoms in total. The summed E-state index contributed by atoms with van der Waals surface area (Å²) in [5.41, 5.74) is 0.907. The largest absolute Gasteiger partial charge is 0.378 e. The number of rotatable bonds is 3. The van der Waals surface area contributed by atoms with E-state index >= 15 is 0 Å².